The van der Waals surface area contributed by atoms with Crippen molar-refractivity contribution < 1.29 is 9.53 Å². The van der Waals surface area contributed by atoms with Crippen LogP contribution in [0.25, 0.3) is 0 Å². The summed E-state index contributed by atoms with van der Waals surface area (Å²) in [4.78, 5) is 15.2. The summed E-state index contributed by atoms with van der Waals surface area (Å²) in [6, 6.07) is 6.01. The predicted molar refractivity (Wildman–Crippen MR) is 95.5 cm³/mol. The van der Waals surface area contributed by atoms with E-state index >= 15 is 0 Å². The third-order valence-electron chi connectivity index (χ3n) is 4.72. The van der Waals surface area contributed by atoms with Crippen LogP contribution >= 0.6 is 0 Å². The minimum atomic E-state index is 0.0338. The molecule has 0 saturated carbocycles. The first kappa shape index (κ1) is 18.0. The van der Waals surface area contributed by atoms with Crippen molar-refractivity contribution in [2.75, 3.05) is 26.7 Å². The van der Waals surface area contributed by atoms with Crippen molar-refractivity contribution in [3.63, 3.8) is 0 Å². The second-order valence-corrected chi connectivity index (χ2v) is 7.59. The van der Waals surface area contributed by atoms with Crippen molar-refractivity contribution >= 4 is 5.78 Å². The van der Waals surface area contributed by atoms with E-state index in [9.17, 15) is 4.79 Å². The van der Waals surface area contributed by atoms with E-state index in [1.807, 2.05) is 12.1 Å². The number of ether oxygens (including phenoxy) is 1. The third kappa shape index (κ3) is 5.07. The first-order valence-electron chi connectivity index (χ1n) is 8.86. The van der Waals surface area contributed by atoms with Gasteiger partial charge < -0.3 is 9.64 Å². The van der Waals surface area contributed by atoms with E-state index in [1.165, 1.54) is 31.2 Å². The number of benzene rings is 1. The summed E-state index contributed by atoms with van der Waals surface area (Å²) < 4.78 is 5.41. The number of rotatable bonds is 5. The van der Waals surface area contributed by atoms with Crippen LogP contribution in [0, 0.1) is 0 Å². The van der Waals surface area contributed by atoms with Crippen molar-refractivity contribution in [1.29, 1.82) is 0 Å². The van der Waals surface area contributed by atoms with Gasteiger partial charge in [-0.15, -0.1) is 0 Å². The SMILES string of the molecule is COc1ccc(C(C)(C)C)cc1C(=O)CCN1CCCCCC1. The lowest BCUT2D eigenvalue weighted by Gasteiger charge is -2.22. The fraction of sp³-hybridized carbons (Fsp3) is 0.650. The van der Waals surface area contributed by atoms with Gasteiger partial charge in [-0.2, -0.15) is 0 Å². The monoisotopic (exact) mass is 317 g/mol. The van der Waals surface area contributed by atoms with Crippen LogP contribution in [0.2, 0.25) is 0 Å². The highest BCUT2D eigenvalue weighted by molar-refractivity contribution is 5.99. The lowest BCUT2D eigenvalue weighted by atomic mass is 9.85. The Morgan fingerprint density at radius 1 is 1.13 bits per heavy atom. The number of nitrogens with zero attached hydrogens (tertiary/aromatic N) is 1. The molecule has 1 aromatic carbocycles. The number of hydrogen-bond donors (Lipinski definition) is 0. The molecular formula is C20H31NO2. The topological polar surface area (TPSA) is 29.5 Å². The van der Waals surface area contributed by atoms with Gasteiger partial charge in [-0.25, -0.2) is 0 Å². The first-order chi connectivity index (χ1) is 10.9. The molecule has 0 aliphatic carbocycles. The van der Waals surface area contributed by atoms with E-state index in [0.29, 0.717) is 12.2 Å². The zero-order valence-corrected chi connectivity index (χ0v) is 15.2. The van der Waals surface area contributed by atoms with Gasteiger partial charge in [0.15, 0.2) is 5.78 Å². The quantitative estimate of drug-likeness (QED) is 0.752. The zero-order chi connectivity index (χ0) is 16.9. The highest BCUT2D eigenvalue weighted by Gasteiger charge is 2.20. The Balaban J connectivity index is 2.07. The molecule has 0 atom stereocenters. The van der Waals surface area contributed by atoms with Gasteiger partial charge in [0.2, 0.25) is 0 Å². The minimum Gasteiger partial charge on any atom is -0.496 e. The van der Waals surface area contributed by atoms with Crippen LogP contribution in [0.15, 0.2) is 18.2 Å². The molecule has 0 aromatic heterocycles. The van der Waals surface area contributed by atoms with Crippen molar-refractivity contribution in [3.8, 4) is 5.75 Å². The van der Waals surface area contributed by atoms with Gasteiger partial charge >= 0.3 is 0 Å². The Kier molecular flexibility index (Phi) is 6.23. The zero-order valence-electron chi connectivity index (χ0n) is 15.2. The maximum atomic E-state index is 12.7. The average molecular weight is 317 g/mol. The molecule has 1 aliphatic rings. The molecule has 0 spiro atoms. The highest BCUT2D eigenvalue weighted by Crippen LogP contribution is 2.28. The lowest BCUT2D eigenvalue weighted by Crippen LogP contribution is -2.27. The Morgan fingerprint density at radius 3 is 2.35 bits per heavy atom. The van der Waals surface area contributed by atoms with Gasteiger partial charge in [0.05, 0.1) is 12.7 Å². The summed E-state index contributed by atoms with van der Waals surface area (Å²) in [5.74, 6) is 0.885. The smallest absolute Gasteiger partial charge is 0.167 e. The highest BCUT2D eigenvalue weighted by atomic mass is 16.5. The summed E-state index contributed by atoms with van der Waals surface area (Å²) in [6.07, 6.45) is 5.75. The number of methoxy groups -OCH3 is 1. The van der Waals surface area contributed by atoms with Crippen LogP contribution in [0.4, 0.5) is 0 Å². The van der Waals surface area contributed by atoms with Crippen LogP contribution in [0.3, 0.4) is 0 Å². The van der Waals surface area contributed by atoms with E-state index < -0.39 is 0 Å². The Bertz CT molecular complexity index is 523. The molecule has 128 valence electrons. The molecule has 0 bridgehead atoms. The van der Waals surface area contributed by atoms with E-state index in [-0.39, 0.29) is 11.2 Å². The van der Waals surface area contributed by atoms with Gasteiger partial charge in [-0.1, -0.05) is 39.7 Å². The largest absolute Gasteiger partial charge is 0.496 e. The molecule has 23 heavy (non-hydrogen) atoms. The number of ketones is 1. The molecule has 2 rings (SSSR count). The summed E-state index contributed by atoms with van der Waals surface area (Å²) in [7, 11) is 1.64. The molecule has 0 amide bonds. The third-order valence-corrected chi connectivity index (χ3v) is 4.72. The second kappa shape index (κ2) is 7.96. The molecular weight excluding hydrogens is 286 g/mol. The van der Waals surface area contributed by atoms with E-state index in [4.69, 9.17) is 4.74 Å². The summed E-state index contributed by atoms with van der Waals surface area (Å²) in [5, 5.41) is 0. The van der Waals surface area contributed by atoms with E-state index in [1.54, 1.807) is 7.11 Å². The van der Waals surface area contributed by atoms with Gasteiger partial charge in [0.1, 0.15) is 5.75 Å². The second-order valence-electron chi connectivity index (χ2n) is 7.59. The number of Topliss-reactive ketones (excluding diaryl/α,β-unsaturated/α-hetero) is 1. The first-order valence-corrected chi connectivity index (χ1v) is 8.86. The molecule has 3 nitrogen and oxygen atoms in total. The summed E-state index contributed by atoms with van der Waals surface area (Å²) in [6.45, 7) is 9.63. The van der Waals surface area contributed by atoms with Crippen LogP contribution in [-0.4, -0.2) is 37.4 Å². The molecule has 1 saturated heterocycles. The predicted octanol–water partition coefficient (Wildman–Crippen LogP) is 4.44. The van der Waals surface area contributed by atoms with E-state index in [2.05, 4.69) is 31.7 Å². The van der Waals surface area contributed by atoms with Crippen molar-refractivity contribution in [2.45, 2.75) is 58.3 Å². The lowest BCUT2D eigenvalue weighted by molar-refractivity contribution is 0.0961. The normalized spacial score (nSPS) is 16.9. The number of likely N-dealkylation sites (tertiary alicyclic amines) is 1. The molecule has 1 aliphatic heterocycles. The molecule has 0 unspecified atom stereocenters. The fourth-order valence-corrected chi connectivity index (χ4v) is 3.15. The number of hydrogen-bond acceptors (Lipinski definition) is 3. The minimum absolute atomic E-state index is 0.0338. The molecule has 0 radical (unpaired) electrons. The van der Waals surface area contributed by atoms with Crippen molar-refractivity contribution in [2.24, 2.45) is 0 Å². The van der Waals surface area contributed by atoms with Crippen LogP contribution in [0.1, 0.15) is 68.8 Å². The number of carbonyl (C=O) groups is 1. The summed E-state index contributed by atoms with van der Waals surface area (Å²) in [5.41, 5.74) is 1.94. The van der Waals surface area contributed by atoms with Crippen LogP contribution in [-0.2, 0) is 5.41 Å². The number of carbonyl (C=O) groups excluding carboxylic acids is 1. The van der Waals surface area contributed by atoms with Gasteiger partial charge in [0, 0.05) is 13.0 Å². The molecule has 1 aromatic rings. The Hall–Kier alpha value is -1.35. The molecule has 1 heterocycles. The molecule has 3 heteroatoms. The van der Waals surface area contributed by atoms with Gasteiger partial charge in [-0.3, -0.25) is 4.79 Å². The van der Waals surface area contributed by atoms with Crippen molar-refractivity contribution in [1.82, 2.24) is 4.90 Å². The van der Waals surface area contributed by atoms with E-state index in [0.717, 1.165) is 25.2 Å². The average Bonchev–Trinajstić information content (AvgIpc) is 2.79. The Morgan fingerprint density at radius 2 is 1.78 bits per heavy atom. The summed E-state index contributed by atoms with van der Waals surface area (Å²) >= 11 is 0. The molecule has 0 N–H and O–H groups in total. The van der Waals surface area contributed by atoms with Crippen LogP contribution < -0.4 is 4.74 Å². The van der Waals surface area contributed by atoms with Crippen molar-refractivity contribution in [3.05, 3.63) is 29.3 Å². The van der Waals surface area contributed by atoms with Gasteiger partial charge in [-0.05, 0) is 49.0 Å². The maximum absolute atomic E-state index is 12.7. The van der Waals surface area contributed by atoms with Gasteiger partial charge in [0.25, 0.3) is 0 Å². The van der Waals surface area contributed by atoms with Crippen LogP contribution in [0.5, 0.6) is 5.75 Å². The maximum Gasteiger partial charge on any atom is 0.167 e. The molecule has 1 fully saturated rings. The standard InChI is InChI=1S/C20H31NO2/c1-20(2,3)16-9-10-19(23-4)17(15-16)18(22)11-14-21-12-7-5-6-8-13-21/h9-10,15H,5-8,11-14H2,1-4H3. The Labute approximate surface area is 141 Å². The fourth-order valence-electron chi connectivity index (χ4n) is 3.15.